The lowest BCUT2D eigenvalue weighted by atomic mass is 10.3. The molecule has 0 aliphatic rings. The highest BCUT2D eigenvalue weighted by atomic mass is 32.1. The van der Waals surface area contributed by atoms with Gasteiger partial charge in [0.1, 0.15) is 15.8 Å². The number of anilines is 1. The summed E-state index contributed by atoms with van der Waals surface area (Å²) in [6.45, 7) is 1.35. The Morgan fingerprint density at radius 3 is 2.80 bits per heavy atom. The number of nitrogens with one attached hydrogen (secondary N) is 1. The molecule has 1 aromatic heterocycles. The Labute approximate surface area is 95.7 Å². The van der Waals surface area contributed by atoms with Crippen molar-refractivity contribution in [1.29, 1.82) is 0 Å². The summed E-state index contributed by atoms with van der Waals surface area (Å²) in [6, 6.07) is 0. The van der Waals surface area contributed by atoms with Gasteiger partial charge in [0.25, 0.3) is 0 Å². The van der Waals surface area contributed by atoms with E-state index in [1.165, 1.54) is 24.5 Å². The summed E-state index contributed by atoms with van der Waals surface area (Å²) in [5.41, 5.74) is 5.35. The minimum atomic E-state index is -0.361. The van der Waals surface area contributed by atoms with Crippen LogP contribution in [-0.4, -0.2) is 21.7 Å². The number of Topliss-reactive ketones (excluding diaryl/α,β-unsaturated/α-hetero) is 1. The molecular formula is C8H9N3O2S2. The highest BCUT2D eigenvalue weighted by Gasteiger charge is 2.09. The first-order valence-corrected chi connectivity index (χ1v) is 5.26. The van der Waals surface area contributed by atoms with Crippen LogP contribution in [0.15, 0.2) is 6.20 Å². The van der Waals surface area contributed by atoms with Gasteiger partial charge in [0, 0.05) is 0 Å². The largest absolute Gasteiger partial charge is 0.387 e. The number of nitrogens with zero attached hydrogens (tertiary/aromatic N) is 1. The SMILES string of the molecule is CC(=O)CC(=O)Nc1cnc(C(N)=S)s1. The fourth-order valence-electron chi connectivity index (χ4n) is 0.854. The number of nitrogens with two attached hydrogens (primary N) is 1. The van der Waals surface area contributed by atoms with Crippen molar-refractivity contribution in [1.82, 2.24) is 4.98 Å². The molecule has 7 heteroatoms. The molecule has 0 saturated carbocycles. The smallest absolute Gasteiger partial charge is 0.232 e. The molecule has 0 saturated heterocycles. The van der Waals surface area contributed by atoms with E-state index in [-0.39, 0.29) is 23.1 Å². The van der Waals surface area contributed by atoms with Gasteiger partial charge < -0.3 is 11.1 Å². The van der Waals surface area contributed by atoms with Crippen LogP contribution in [0, 0.1) is 0 Å². The Balaban J connectivity index is 2.61. The first-order chi connectivity index (χ1) is 6.99. The van der Waals surface area contributed by atoms with E-state index in [1.54, 1.807) is 0 Å². The number of rotatable bonds is 4. The molecule has 0 bridgehead atoms. The molecule has 15 heavy (non-hydrogen) atoms. The highest BCUT2D eigenvalue weighted by Crippen LogP contribution is 2.18. The monoisotopic (exact) mass is 243 g/mol. The third kappa shape index (κ3) is 3.72. The number of ketones is 1. The third-order valence-electron chi connectivity index (χ3n) is 1.39. The number of hydrogen-bond donors (Lipinski definition) is 2. The molecule has 1 amide bonds. The standard InChI is InChI=1S/C8H9N3O2S2/c1-4(12)2-5(13)11-6-3-10-8(15-6)7(9)14/h3H,2H2,1H3,(H2,9,14)(H,11,13). The maximum Gasteiger partial charge on any atom is 0.232 e. The van der Waals surface area contributed by atoms with Crippen molar-refractivity contribution in [2.45, 2.75) is 13.3 Å². The molecule has 0 atom stereocenters. The molecular weight excluding hydrogens is 234 g/mol. The number of aromatic nitrogens is 1. The van der Waals surface area contributed by atoms with Crippen LogP contribution in [-0.2, 0) is 9.59 Å². The first kappa shape index (κ1) is 11.7. The first-order valence-electron chi connectivity index (χ1n) is 4.04. The zero-order valence-corrected chi connectivity index (χ0v) is 9.58. The Hall–Kier alpha value is -1.34. The molecule has 1 heterocycles. The number of hydrogen-bond acceptors (Lipinski definition) is 5. The average molecular weight is 243 g/mol. The van der Waals surface area contributed by atoms with Gasteiger partial charge in [-0.15, -0.1) is 0 Å². The van der Waals surface area contributed by atoms with E-state index in [9.17, 15) is 9.59 Å². The zero-order valence-electron chi connectivity index (χ0n) is 7.94. The fourth-order valence-corrected chi connectivity index (χ4v) is 1.72. The van der Waals surface area contributed by atoms with Crippen molar-refractivity contribution in [2.24, 2.45) is 5.73 Å². The molecule has 0 radical (unpaired) electrons. The van der Waals surface area contributed by atoms with E-state index >= 15 is 0 Å². The Kier molecular flexibility index (Phi) is 3.87. The maximum absolute atomic E-state index is 11.2. The van der Waals surface area contributed by atoms with Crippen molar-refractivity contribution < 1.29 is 9.59 Å². The summed E-state index contributed by atoms with van der Waals surface area (Å²) in [4.78, 5) is 25.9. The van der Waals surface area contributed by atoms with Crippen LogP contribution >= 0.6 is 23.6 Å². The van der Waals surface area contributed by atoms with Gasteiger partial charge in [0.05, 0.1) is 12.6 Å². The van der Waals surface area contributed by atoms with E-state index < -0.39 is 0 Å². The molecule has 1 rings (SSSR count). The number of thiocarbonyl (C=S) groups is 1. The molecule has 80 valence electrons. The molecule has 0 fully saturated rings. The van der Waals surface area contributed by atoms with Crippen LogP contribution in [0.2, 0.25) is 0 Å². The Morgan fingerprint density at radius 1 is 1.67 bits per heavy atom. The second-order valence-corrected chi connectivity index (χ2v) is 4.29. The van der Waals surface area contributed by atoms with Crippen molar-refractivity contribution in [2.75, 3.05) is 5.32 Å². The Bertz CT molecular complexity index is 414. The summed E-state index contributed by atoms with van der Waals surface area (Å²) >= 11 is 5.89. The number of thiazole rings is 1. The lowest BCUT2D eigenvalue weighted by molar-refractivity contribution is -0.124. The fraction of sp³-hybridized carbons (Fsp3) is 0.250. The average Bonchev–Trinajstić information content (AvgIpc) is 2.50. The lowest BCUT2D eigenvalue weighted by Crippen LogP contribution is -2.13. The molecule has 5 nitrogen and oxygen atoms in total. The van der Waals surface area contributed by atoms with E-state index in [0.717, 1.165) is 0 Å². The molecule has 1 aromatic rings. The number of carbonyl (C=O) groups is 2. The van der Waals surface area contributed by atoms with Gasteiger partial charge >= 0.3 is 0 Å². The molecule has 0 aliphatic heterocycles. The van der Waals surface area contributed by atoms with Crippen LogP contribution in [0.4, 0.5) is 5.00 Å². The van der Waals surface area contributed by atoms with E-state index in [0.29, 0.717) is 10.0 Å². The van der Waals surface area contributed by atoms with Gasteiger partial charge in [-0.3, -0.25) is 9.59 Å². The second kappa shape index (κ2) is 4.94. The highest BCUT2D eigenvalue weighted by molar-refractivity contribution is 7.81. The summed E-state index contributed by atoms with van der Waals surface area (Å²) in [5.74, 6) is -0.549. The molecule has 0 spiro atoms. The number of amides is 1. The van der Waals surface area contributed by atoms with Crippen molar-refractivity contribution in [3.05, 3.63) is 11.2 Å². The predicted molar refractivity (Wildman–Crippen MR) is 61.9 cm³/mol. The minimum Gasteiger partial charge on any atom is -0.387 e. The Morgan fingerprint density at radius 2 is 2.33 bits per heavy atom. The van der Waals surface area contributed by atoms with Gasteiger partial charge in [-0.25, -0.2) is 4.98 Å². The van der Waals surface area contributed by atoms with Gasteiger partial charge in [-0.05, 0) is 6.92 Å². The van der Waals surface area contributed by atoms with Crippen LogP contribution in [0.25, 0.3) is 0 Å². The van der Waals surface area contributed by atoms with E-state index in [1.807, 2.05) is 0 Å². The van der Waals surface area contributed by atoms with E-state index in [2.05, 4.69) is 10.3 Å². The molecule has 3 N–H and O–H groups in total. The van der Waals surface area contributed by atoms with Crippen molar-refractivity contribution in [3.63, 3.8) is 0 Å². The van der Waals surface area contributed by atoms with E-state index in [4.69, 9.17) is 18.0 Å². The molecule has 0 aromatic carbocycles. The predicted octanol–water partition coefficient (Wildman–Crippen LogP) is 0.695. The van der Waals surface area contributed by atoms with Crippen molar-refractivity contribution >= 4 is 45.2 Å². The van der Waals surface area contributed by atoms with Crippen LogP contribution < -0.4 is 11.1 Å². The van der Waals surface area contributed by atoms with Crippen LogP contribution in [0.3, 0.4) is 0 Å². The summed E-state index contributed by atoms with van der Waals surface area (Å²) in [6.07, 6.45) is 1.32. The van der Waals surface area contributed by atoms with Gasteiger partial charge in [-0.1, -0.05) is 23.6 Å². The summed E-state index contributed by atoms with van der Waals surface area (Å²) in [7, 11) is 0. The summed E-state index contributed by atoms with van der Waals surface area (Å²) < 4.78 is 0. The third-order valence-corrected chi connectivity index (χ3v) is 2.66. The van der Waals surface area contributed by atoms with Gasteiger partial charge in [-0.2, -0.15) is 0 Å². The van der Waals surface area contributed by atoms with Crippen LogP contribution in [0.1, 0.15) is 18.4 Å². The topological polar surface area (TPSA) is 85.1 Å². The van der Waals surface area contributed by atoms with Gasteiger partial charge in [0.15, 0.2) is 5.01 Å². The van der Waals surface area contributed by atoms with Crippen LogP contribution in [0.5, 0.6) is 0 Å². The summed E-state index contributed by atoms with van der Waals surface area (Å²) in [5, 5.41) is 3.55. The molecule has 0 unspecified atom stereocenters. The lowest BCUT2D eigenvalue weighted by Gasteiger charge is -1.97. The second-order valence-electron chi connectivity index (χ2n) is 2.82. The quantitative estimate of drug-likeness (QED) is 0.600. The van der Waals surface area contributed by atoms with Gasteiger partial charge in [0.2, 0.25) is 5.91 Å². The normalized spacial score (nSPS) is 9.67. The maximum atomic E-state index is 11.2. The minimum absolute atomic E-state index is 0.139. The van der Waals surface area contributed by atoms with Crippen molar-refractivity contribution in [3.8, 4) is 0 Å². The zero-order chi connectivity index (χ0) is 11.4. The number of carbonyl (C=O) groups excluding carboxylic acids is 2. The molecule has 0 aliphatic carbocycles.